The van der Waals surface area contributed by atoms with Crippen molar-refractivity contribution in [3.63, 3.8) is 0 Å². The van der Waals surface area contributed by atoms with Crippen LogP contribution in [0.5, 0.6) is 0 Å². The predicted molar refractivity (Wildman–Crippen MR) is 49.8 cm³/mol. The molecule has 0 saturated heterocycles. The van der Waals surface area contributed by atoms with Crippen LogP contribution in [0.25, 0.3) is 0 Å². The van der Waals surface area contributed by atoms with Gasteiger partial charge >= 0.3 is 0 Å². The largest absolute Gasteiger partial charge is 0.387 e. The Morgan fingerprint density at radius 1 is 1.42 bits per heavy atom. The van der Waals surface area contributed by atoms with Crippen LogP contribution in [0.2, 0.25) is 0 Å². The SMILES string of the molecule is Cc1cccc([C@@H](O)C(C)N)c1. The lowest BCUT2D eigenvalue weighted by atomic mass is 10.0. The third-order valence-corrected chi connectivity index (χ3v) is 1.88. The van der Waals surface area contributed by atoms with Gasteiger partial charge in [0.2, 0.25) is 0 Å². The summed E-state index contributed by atoms with van der Waals surface area (Å²) in [4.78, 5) is 0. The monoisotopic (exact) mass is 165 g/mol. The minimum absolute atomic E-state index is 0.216. The summed E-state index contributed by atoms with van der Waals surface area (Å²) in [7, 11) is 0. The molecule has 0 aromatic heterocycles. The third-order valence-electron chi connectivity index (χ3n) is 1.88. The van der Waals surface area contributed by atoms with Crippen LogP contribution in [0.1, 0.15) is 24.2 Å². The van der Waals surface area contributed by atoms with Crippen LogP contribution in [-0.2, 0) is 0 Å². The maximum atomic E-state index is 9.60. The summed E-state index contributed by atoms with van der Waals surface area (Å²) in [6.07, 6.45) is -0.551. The number of benzene rings is 1. The van der Waals surface area contributed by atoms with Gasteiger partial charge in [-0.25, -0.2) is 0 Å². The number of hydrogen-bond acceptors (Lipinski definition) is 2. The molecule has 1 aromatic carbocycles. The number of aliphatic hydroxyl groups excluding tert-OH is 1. The number of aliphatic hydroxyl groups is 1. The van der Waals surface area contributed by atoms with Crippen LogP contribution in [0.4, 0.5) is 0 Å². The standard InChI is InChI=1S/C10H15NO/c1-7-4-3-5-9(6-7)10(12)8(2)11/h3-6,8,10,12H,11H2,1-2H3/t8?,10-/m0/s1. The van der Waals surface area contributed by atoms with Gasteiger partial charge in [-0.2, -0.15) is 0 Å². The maximum absolute atomic E-state index is 9.60. The van der Waals surface area contributed by atoms with Crippen molar-refractivity contribution in [2.75, 3.05) is 0 Å². The van der Waals surface area contributed by atoms with Crippen LogP contribution in [0.3, 0.4) is 0 Å². The molecule has 2 atom stereocenters. The first-order chi connectivity index (χ1) is 5.61. The fraction of sp³-hybridized carbons (Fsp3) is 0.400. The van der Waals surface area contributed by atoms with Crippen molar-refractivity contribution < 1.29 is 5.11 Å². The lowest BCUT2D eigenvalue weighted by Crippen LogP contribution is -2.24. The molecule has 0 amide bonds. The van der Waals surface area contributed by atoms with E-state index in [2.05, 4.69) is 0 Å². The van der Waals surface area contributed by atoms with E-state index in [1.165, 1.54) is 0 Å². The Labute approximate surface area is 73.0 Å². The molecule has 0 bridgehead atoms. The summed E-state index contributed by atoms with van der Waals surface area (Å²) in [6.45, 7) is 3.80. The molecule has 0 aliphatic heterocycles. The minimum atomic E-state index is -0.551. The Kier molecular flexibility index (Phi) is 2.84. The Morgan fingerprint density at radius 3 is 2.58 bits per heavy atom. The van der Waals surface area contributed by atoms with Crippen LogP contribution in [-0.4, -0.2) is 11.1 Å². The third kappa shape index (κ3) is 2.06. The van der Waals surface area contributed by atoms with Crippen LogP contribution < -0.4 is 5.73 Å². The molecule has 0 heterocycles. The second-order valence-corrected chi connectivity index (χ2v) is 3.22. The highest BCUT2D eigenvalue weighted by Gasteiger charge is 2.11. The highest BCUT2D eigenvalue weighted by Crippen LogP contribution is 2.16. The van der Waals surface area contributed by atoms with Crippen molar-refractivity contribution in [1.82, 2.24) is 0 Å². The quantitative estimate of drug-likeness (QED) is 0.695. The molecule has 66 valence electrons. The molecular formula is C10H15NO. The molecule has 1 rings (SSSR count). The Hall–Kier alpha value is -0.860. The van der Waals surface area contributed by atoms with E-state index in [0.29, 0.717) is 0 Å². The second kappa shape index (κ2) is 3.70. The first-order valence-electron chi connectivity index (χ1n) is 4.11. The van der Waals surface area contributed by atoms with Crippen LogP contribution in [0.15, 0.2) is 24.3 Å². The maximum Gasteiger partial charge on any atom is 0.0938 e. The molecule has 0 aliphatic carbocycles. The molecule has 12 heavy (non-hydrogen) atoms. The summed E-state index contributed by atoms with van der Waals surface area (Å²) in [5.41, 5.74) is 7.61. The summed E-state index contributed by atoms with van der Waals surface area (Å²) in [5, 5.41) is 9.60. The van der Waals surface area contributed by atoms with Gasteiger partial charge in [0.1, 0.15) is 0 Å². The van der Waals surface area contributed by atoms with Crippen molar-refractivity contribution in [2.24, 2.45) is 5.73 Å². The van der Waals surface area contributed by atoms with E-state index in [9.17, 15) is 5.11 Å². The van der Waals surface area contributed by atoms with E-state index in [-0.39, 0.29) is 6.04 Å². The molecule has 0 radical (unpaired) electrons. The van der Waals surface area contributed by atoms with Gasteiger partial charge in [0.15, 0.2) is 0 Å². The molecule has 2 nitrogen and oxygen atoms in total. The highest BCUT2D eigenvalue weighted by molar-refractivity contribution is 5.24. The van der Waals surface area contributed by atoms with Crippen molar-refractivity contribution in [2.45, 2.75) is 26.0 Å². The van der Waals surface area contributed by atoms with E-state index in [1.807, 2.05) is 31.2 Å². The summed E-state index contributed by atoms with van der Waals surface area (Å²) < 4.78 is 0. The van der Waals surface area contributed by atoms with Gasteiger partial charge in [-0.15, -0.1) is 0 Å². The molecule has 1 aromatic rings. The zero-order chi connectivity index (χ0) is 9.14. The number of hydrogen-bond donors (Lipinski definition) is 2. The zero-order valence-electron chi connectivity index (χ0n) is 7.49. The van der Waals surface area contributed by atoms with Crippen molar-refractivity contribution in [1.29, 1.82) is 0 Å². The topological polar surface area (TPSA) is 46.2 Å². The molecule has 0 aliphatic rings. The van der Waals surface area contributed by atoms with Gasteiger partial charge in [-0.05, 0) is 19.4 Å². The fourth-order valence-corrected chi connectivity index (χ4v) is 1.16. The molecule has 3 N–H and O–H groups in total. The number of rotatable bonds is 2. The van der Waals surface area contributed by atoms with Crippen molar-refractivity contribution >= 4 is 0 Å². The lowest BCUT2D eigenvalue weighted by molar-refractivity contribution is 0.153. The van der Waals surface area contributed by atoms with E-state index in [0.717, 1.165) is 11.1 Å². The van der Waals surface area contributed by atoms with Gasteiger partial charge in [0.25, 0.3) is 0 Å². The van der Waals surface area contributed by atoms with E-state index in [4.69, 9.17) is 5.73 Å². The first kappa shape index (κ1) is 9.23. The Balaban J connectivity index is 2.88. The Bertz CT molecular complexity index is 258. The predicted octanol–water partition coefficient (Wildman–Crippen LogP) is 1.38. The van der Waals surface area contributed by atoms with Crippen molar-refractivity contribution in [3.05, 3.63) is 35.4 Å². The van der Waals surface area contributed by atoms with E-state index >= 15 is 0 Å². The smallest absolute Gasteiger partial charge is 0.0938 e. The van der Waals surface area contributed by atoms with Gasteiger partial charge in [0, 0.05) is 6.04 Å². The second-order valence-electron chi connectivity index (χ2n) is 3.22. The molecular weight excluding hydrogens is 150 g/mol. The number of nitrogens with two attached hydrogens (primary N) is 1. The fourth-order valence-electron chi connectivity index (χ4n) is 1.16. The number of aryl methyl sites for hydroxylation is 1. The van der Waals surface area contributed by atoms with Crippen LogP contribution >= 0.6 is 0 Å². The van der Waals surface area contributed by atoms with Crippen molar-refractivity contribution in [3.8, 4) is 0 Å². The van der Waals surface area contributed by atoms with Gasteiger partial charge in [-0.1, -0.05) is 29.8 Å². The van der Waals surface area contributed by atoms with Crippen LogP contribution in [0, 0.1) is 6.92 Å². The normalized spacial score (nSPS) is 15.7. The minimum Gasteiger partial charge on any atom is -0.387 e. The summed E-state index contributed by atoms with van der Waals surface area (Å²) >= 11 is 0. The molecule has 0 spiro atoms. The molecule has 0 saturated carbocycles. The average molecular weight is 165 g/mol. The zero-order valence-corrected chi connectivity index (χ0v) is 7.49. The highest BCUT2D eigenvalue weighted by atomic mass is 16.3. The summed E-state index contributed by atoms with van der Waals surface area (Å²) in [5.74, 6) is 0. The molecule has 2 heteroatoms. The average Bonchev–Trinajstić information content (AvgIpc) is 2.03. The van der Waals surface area contributed by atoms with Gasteiger partial charge in [0.05, 0.1) is 6.10 Å². The lowest BCUT2D eigenvalue weighted by Gasteiger charge is -2.14. The van der Waals surface area contributed by atoms with E-state index < -0.39 is 6.10 Å². The first-order valence-corrected chi connectivity index (χ1v) is 4.11. The van der Waals surface area contributed by atoms with Gasteiger partial charge < -0.3 is 10.8 Å². The summed E-state index contributed by atoms with van der Waals surface area (Å²) in [6, 6.07) is 7.55. The molecule has 1 unspecified atom stereocenters. The Morgan fingerprint density at radius 2 is 2.08 bits per heavy atom. The molecule has 0 fully saturated rings. The van der Waals surface area contributed by atoms with Gasteiger partial charge in [-0.3, -0.25) is 0 Å². The van der Waals surface area contributed by atoms with E-state index in [1.54, 1.807) is 6.92 Å².